The van der Waals surface area contributed by atoms with Crippen LogP contribution in [0.1, 0.15) is 136 Å². The molecule has 2 aromatic rings. The summed E-state index contributed by atoms with van der Waals surface area (Å²) in [4.78, 5) is 35.6. The number of hydrogen-bond acceptors (Lipinski definition) is 9. The number of nitrogens with one attached hydrogen (secondary N) is 1. The molecular formula is C35H63N6O6P. The van der Waals surface area contributed by atoms with Gasteiger partial charge in [-0.15, -0.1) is 0 Å². The van der Waals surface area contributed by atoms with Crippen molar-refractivity contribution in [3.8, 4) is 0 Å². The second-order valence-corrected chi connectivity index (χ2v) is 14.7. The minimum atomic E-state index is -4.20. The van der Waals surface area contributed by atoms with Gasteiger partial charge in [0.05, 0.1) is 37.7 Å². The minimum absolute atomic E-state index is 0.215. The molecule has 0 aliphatic heterocycles. The SMILES string of the molecule is CCCCCCCCCCCCC/C=C/[C@@H](O)[C@H](COP(=O)(O)CO[C@H](C)Cn1cnc2c(N)ncnc21)NC(=O)CCCCCCC. The number of aromatic nitrogens is 4. The van der Waals surface area contributed by atoms with Crippen LogP contribution in [0.5, 0.6) is 0 Å². The number of nitrogens with two attached hydrogens (primary N) is 1. The Morgan fingerprint density at radius 2 is 1.56 bits per heavy atom. The van der Waals surface area contributed by atoms with Crippen molar-refractivity contribution in [2.24, 2.45) is 0 Å². The number of aliphatic hydroxyl groups excluding tert-OH is 1. The molecule has 5 N–H and O–H groups in total. The predicted molar refractivity (Wildman–Crippen MR) is 192 cm³/mol. The van der Waals surface area contributed by atoms with E-state index < -0.39 is 32.2 Å². The second-order valence-electron chi connectivity index (χ2n) is 12.9. The highest BCUT2D eigenvalue weighted by Crippen LogP contribution is 2.42. The molecule has 274 valence electrons. The number of hydrogen-bond donors (Lipinski definition) is 4. The van der Waals surface area contributed by atoms with Gasteiger partial charge in [-0.2, -0.15) is 0 Å². The lowest BCUT2D eigenvalue weighted by atomic mass is 10.0. The molecule has 13 heteroatoms. The lowest BCUT2D eigenvalue weighted by molar-refractivity contribution is -0.122. The normalized spacial score (nSPS) is 15.1. The molecule has 0 saturated heterocycles. The fourth-order valence-corrected chi connectivity index (χ4v) is 6.42. The van der Waals surface area contributed by atoms with E-state index in [1.807, 2.05) is 6.08 Å². The molecule has 12 nitrogen and oxygen atoms in total. The molecule has 0 saturated carbocycles. The Kier molecular flexibility index (Phi) is 21.5. The van der Waals surface area contributed by atoms with Gasteiger partial charge in [0.2, 0.25) is 5.91 Å². The summed E-state index contributed by atoms with van der Waals surface area (Å²) in [6.07, 6.45) is 24.5. The van der Waals surface area contributed by atoms with Crippen LogP contribution in [0.2, 0.25) is 0 Å². The number of nitrogen functional groups attached to an aromatic ring is 1. The molecule has 0 aromatic carbocycles. The Bertz CT molecular complexity index is 1230. The van der Waals surface area contributed by atoms with E-state index >= 15 is 0 Å². The van der Waals surface area contributed by atoms with E-state index in [-0.39, 0.29) is 18.3 Å². The Morgan fingerprint density at radius 1 is 0.958 bits per heavy atom. The van der Waals surface area contributed by atoms with Crippen molar-refractivity contribution in [3.63, 3.8) is 0 Å². The quantitative estimate of drug-likeness (QED) is 0.0381. The maximum Gasteiger partial charge on any atom is 0.353 e. The Hall–Kier alpha value is -2.37. The number of carbonyl (C=O) groups excluding carboxylic acids is 1. The number of carbonyl (C=O) groups is 1. The van der Waals surface area contributed by atoms with E-state index in [2.05, 4.69) is 34.1 Å². The zero-order chi connectivity index (χ0) is 35.0. The topological polar surface area (TPSA) is 175 Å². The summed E-state index contributed by atoms with van der Waals surface area (Å²) in [6, 6.07) is -0.873. The number of anilines is 1. The maximum absolute atomic E-state index is 12.9. The van der Waals surface area contributed by atoms with Gasteiger partial charge in [-0.25, -0.2) is 15.0 Å². The molecule has 1 unspecified atom stereocenters. The third kappa shape index (κ3) is 17.9. The third-order valence-electron chi connectivity index (χ3n) is 8.43. The number of allylic oxidation sites excluding steroid dienone is 1. The molecule has 4 atom stereocenters. The summed E-state index contributed by atoms with van der Waals surface area (Å²) in [5, 5.41) is 13.8. The van der Waals surface area contributed by atoms with Crippen LogP contribution in [0.3, 0.4) is 0 Å². The van der Waals surface area contributed by atoms with E-state index in [0.717, 1.165) is 51.4 Å². The van der Waals surface area contributed by atoms with E-state index in [9.17, 15) is 19.4 Å². The Balaban J connectivity index is 1.80. The molecule has 2 aromatic heterocycles. The Labute approximate surface area is 288 Å². The highest BCUT2D eigenvalue weighted by molar-refractivity contribution is 7.52. The largest absolute Gasteiger partial charge is 0.387 e. The number of nitrogens with zero attached hydrogens (tertiary/aromatic N) is 4. The van der Waals surface area contributed by atoms with Crippen molar-refractivity contribution in [1.82, 2.24) is 24.8 Å². The molecule has 0 bridgehead atoms. The smallest absolute Gasteiger partial charge is 0.353 e. The van der Waals surface area contributed by atoms with Crippen LogP contribution in [0.25, 0.3) is 11.2 Å². The number of amides is 1. The lowest BCUT2D eigenvalue weighted by Gasteiger charge is -2.24. The molecule has 0 aliphatic carbocycles. The van der Waals surface area contributed by atoms with Crippen LogP contribution in [0.4, 0.5) is 5.82 Å². The van der Waals surface area contributed by atoms with E-state index in [0.29, 0.717) is 24.1 Å². The van der Waals surface area contributed by atoms with Crippen LogP contribution >= 0.6 is 7.60 Å². The zero-order valence-electron chi connectivity index (χ0n) is 29.7. The van der Waals surface area contributed by atoms with Crippen molar-refractivity contribution >= 4 is 30.5 Å². The molecular weight excluding hydrogens is 631 g/mol. The van der Waals surface area contributed by atoms with Crippen molar-refractivity contribution in [3.05, 3.63) is 24.8 Å². The van der Waals surface area contributed by atoms with Crippen LogP contribution < -0.4 is 11.1 Å². The van der Waals surface area contributed by atoms with E-state index in [1.54, 1.807) is 23.9 Å². The standard InChI is InChI=1S/C35H63N6O6P/c1-4-6-8-10-11-12-13-14-15-16-17-19-20-22-31(42)30(40-32(43)23-21-18-9-7-5-2)25-47-48(44,45)28-46-29(3)24-41-27-39-33-34(36)37-26-38-35(33)41/h20,22,26-27,29-31,42H,4-19,21,23-25,28H2,1-3H3,(H,40,43)(H,44,45)(H2,36,37,38)/b22-20+/t29-,30+,31-/m1/s1. The third-order valence-corrected chi connectivity index (χ3v) is 9.46. The average Bonchev–Trinajstić information content (AvgIpc) is 3.47. The van der Waals surface area contributed by atoms with E-state index in [4.69, 9.17) is 15.0 Å². The first kappa shape index (κ1) is 41.8. The Morgan fingerprint density at radius 3 is 2.21 bits per heavy atom. The molecule has 2 heterocycles. The number of imidazole rings is 1. The first-order valence-electron chi connectivity index (χ1n) is 18.3. The predicted octanol–water partition coefficient (Wildman–Crippen LogP) is 7.44. The van der Waals surface area contributed by atoms with Gasteiger partial charge in [0.25, 0.3) is 0 Å². The number of aliphatic hydroxyl groups is 1. The van der Waals surface area contributed by atoms with Gasteiger partial charge in [-0.3, -0.25) is 9.36 Å². The van der Waals surface area contributed by atoms with Gasteiger partial charge in [-0.05, 0) is 26.2 Å². The van der Waals surface area contributed by atoms with Crippen molar-refractivity contribution in [2.45, 2.75) is 161 Å². The maximum atomic E-state index is 12.9. The number of ether oxygens (including phenoxy) is 1. The summed E-state index contributed by atoms with van der Waals surface area (Å²) >= 11 is 0. The van der Waals surface area contributed by atoms with E-state index in [1.165, 1.54) is 64.1 Å². The number of unbranched alkanes of at least 4 members (excludes halogenated alkanes) is 15. The van der Waals surface area contributed by atoms with Gasteiger partial charge in [0.15, 0.2) is 11.5 Å². The minimum Gasteiger partial charge on any atom is -0.387 e. The molecule has 0 radical (unpaired) electrons. The van der Waals surface area contributed by atoms with Gasteiger partial charge < -0.3 is 34.9 Å². The van der Waals surface area contributed by atoms with Gasteiger partial charge in [0.1, 0.15) is 18.2 Å². The average molecular weight is 695 g/mol. The molecule has 1 amide bonds. The summed E-state index contributed by atoms with van der Waals surface area (Å²) in [5.41, 5.74) is 6.86. The van der Waals surface area contributed by atoms with Crippen molar-refractivity contribution in [1.29, 1.82) is 0 Å². The zero-order valence-corrected chi connectivity index (χ0v) is 30.6. The summed E-state index contributed by atoms with van der Waals surface area (Å²) in [5.74, 6) is 0.0531. The van der Waals surface area contributed by atoms with Gasteiger partial charge >= 0.3 is 7.60 Å². The summed E-state index contributed by atoms with van der Waals surface area (Å²) < 4.78 is 25.6. The van der Waals surface area contributed by atoms with Gasteiger partial charge in [-0.1, -0.05) is 116 Å². The van der Waals surface area contributed by atoms with Crippen molar-refractivity contribution in [2.75, 3.05) is 18.7 Å². The number of rotatable bonds is 29. The van der Waals surface area contributed by atoms with Crippen LogP contribution in [0.15, 0.2) is 24.8 Å². The molecule has 48 heavy (non-hydrogen) atoms. The van der Waals surface area contributed by atoms with Crippen LogP contribution in [0, 0.1) is 0 Å². The first-order chi connectivity index (χ1) is 23.2. The fourth-order valence-electron chi connectivity index (χ4n) is 5.51. The van der Waals surface area contributed by atoms with Crippen LogP contribution in [-0.2, 0) is 25.2 Å². The highest BCUT2D eigenvalue weighted by Gasteiger charge is 2.27. The van der Waals surface area contributed by atoms with Crippen molar-refractivity contribution < 1.29 is 28.6 Å². The molecule has 2 rings (SSSR count). The van der Waals surface area contributed by atoms with Crippen LogP contribution in [-0.4, -0.2) is 66.6 Å². The van der Waals surface area contributed by atoms with Gasteiger partial charge in [0, 0.05) is 6.42 Å². The molecule has 0 spiro atoms. The molecule has 0 aliphatic rings. The lowest BCUT2D eigenvalue weighted by Crippen LogP contribution is -2.45. The monoisotopic (exact) mass is 694 g/mol. The first-order valence-corrected chi connectivity index (χ1v) is 20.1. The fraction of sp³-hybridized carbons (Fsp3) is 0.771. The second kappa shape index (κ2) is 24.7. The highest BCUT2D eigenvalue weighted by atomic mass is 31.2. The summed E-state index contributed by atoms with van der Waals surface area (Å²) in [7, 11) is -4.20. The summed E-state index contributed by atoms with van der Waals surface area (Å²) in [6.45, 7) is 6.12. The molecule has 0 fully saturated rings. The number of fused-ring (bicyclic) bond motifs is 1.